The van der Waals surface area contributed by atoms with Crippen LogP contribution in [-0.2, 0) is 11.2 Å². The van der Waals surface area contributed by atoms with Gasteiger partial charge in [0.25, 0.3) is 0 Å². The second kappa shape index (κ2) is 10.0. The zero-order valence-corrected chi connectivity index (χ0v) is 17.7. The van der Waals surface area contributed by atoms with Gasteiger partial charge in [-0.3, -0.25) is 14.6 Å². The number of aryl methyl sites for hydroxylation is 1. The molecule has 9 nitrogen and oxygen atoms in total. The Morgan fingerprint density at radius 1 is 1.10 bits per heavy atom. The number of carbonyl (C=O) groups excluding carboxylic acids is 2. The lowest BCUT2D eigenvalue weighted by Crippen LogP contribution is -2.12. The minimum Gasteiger partial charge on any atom is -0.339 e. The van der Waals surface area contributed by atoms with Gasteiger partial charge in [0.1, 0.15) is 0 Å². The van der Waals surface area contributed by atoms with Gasteiger partial charge in [0, 0.05) is 36.4 Å². The summed E-state index contributed by atoms with van der Waals surface area (Å²) in [7, 11) is 0. The molecule has 4 aromatic rings. The van der Waals surface area contributed by atoms with Crippen LogP contribution in [-0.4, -0.2) is 42.8 Å². The van der Waals surface area contributed by atoms with Crippen molar-refractivity contribution in [2.45, 2.75) is 17.2 Å². The number of anilines is 1. The van der Waals surface area contributed by atoms with Gasteiger partial charge < -0.3 is 9.84 Å². The zero-order valence-electron chi connectivity index (χ0n) is 16.1. The van der Waals surface area contributed by atoms with Crippen LogP contribution in [0.4, 0.5) is 5.13 Å². The minimum atomic E-state index is -0.241. The molecule has 0 radical (unpaired) electrons. The van der Waals surface area contributed by atoms with Crippen molar-refractivity contribution >= 4 is 39.9 Å². The Balaban J connectivity index is 1.24. The third kappa shape index (κ3) is 5.80. The van der Waals surface area contributed by atoms with Crippen LogP contribution in [0.1, 0.15) is 22.7 Å². The molecule has 4 rings (SSSR count). The summed E-state index contributed by atoms with van der Waals surface area (Å²) >= 11 is 2.51. The van der Waals surface area contributed by atoms with Crippen LogP contribution < -0.4 is 5.32 Å². The Bertz CT molecular complexity index is 1160. The fourth-order valence-corrected chi connectivity index (χ4v) is 4.19. The molecule has 0 atom stereocenters. The van der Waals surface area contributed by atoms with Gasteiger partial charge in [-0.15, -0.1) is 10.2 Å². The maximum absolute atomic E-state index is 12.2. The van der Waals surface area contributed by atoms with Crippen molar-refractivity contribution in [2.75, 3.05) is 11.1 Å². The number of carbonyl (C=O) groups is 2. The third-order valence-electron chi connectivity index (χ3n) is 4.03. The molecule has 1 amide bonds. The molecule has 0 bridgehead atoms. The van der Waals surface area contributed by atoms with E-state index in [9.17, 15) is 9.59 Å². The van der Waals surface area contributed by atoms with Crippen LogP contribution in [0.2, 0.25) is 0 Å². The molecule has 1 aromatic carbocycles. The Hall–Kier alpha value is -3.44. The van der Waals surface area contributed by atoms with Crippen LogP contribution in [0, 0.1) is 0 Å². The molecule has 0 aliphatic heterocycles. The van der Waals surface area contributed by atoms with Crippen molar-refractivity contribution in [3.05, 3.63) is 66.3 Å². The summed E-state index contributed by atoms with van der Waals surface area (Å²) in [5, 5.41) is 14.9. The molecule has 0 saturated carbocycles. The summed E-state index contributed by atoms with van der Waals surface area (Å²) < 4.78 is 5.79. The number of amides is 1. The molecular weight excluding hydrogens is 436 g/mol. The van der Waals surface area contributed by atoms with Gasteiger partial charge in [-0.25, -0.2) is 0 Å². The quantitative estimate of drug-likeness (QED) is 0.231. The lowest BCUT2D eigenvalue weighted by molar-refractivity contribution is -0.116. The van der Waals surface area contributed by atoms with E-state index >= 15 is 0 Å². The van der Waals surface area contributed by atoms with Crippen molar-refractivity contribution < 1.29 is 14.1 Å². The molecule has 31 heavy (non-hydrogen) atoms. The topological polar surface area (TPSA) is 124 Å². The number of Topliss-reactive ketones (excluding diaryl/α,β-unsaturated/α-hetero) is 1. The van der Waals surface area contributed by atoms with Crippen molar-refractivity contribution in [3.8, 4) is 11.4 Å². The van der Waals surface area contributed by atoms with Gasteiger partial charge in [0.2, 0.25) is 22.8 Å². The Morgan fingerprint density at radius 2 is 1.97 bits per heavy atom. The van der Waals surface area contributed by atoms with Crippen molar-refractivity contribution in [1.82, 2.24) is 25.3 Å². The SMILES string of the molecule is O=C(CCc1nc(-c2cccnc2)no1)Nc1nnc(SCC(=O)c2ccccc2)s1. The number of hydrogen-bond donors (Lipinski definition) is 1. The molecule has 1 N–H and O–H groups in total. The molecule has 0 saturated heterocycles. The van der Waals surface area contributed by atoms with Gasteiger partial charge in [0.05, 0.1) is 5.75 Å². The lowest BCUT2D eigenvalue weighted by atomic mass is 10.2. The minimum absolute atomic E-state index is 0.0107. The largest absolute Gasteiger partial charge is 0.339 e. The standard InChI is InChI=1S/C20H16N6O3S2/c27-15(13-5-2-1-3-6-13)12-30-20-25-24-19(31-20)22-16(28)8-9-17-23-18(26-29-17)14-7-4-10-21-11-14/h1-7,10-11H,8-9,12H2,(H,22,24,28). The van der Waals surface area contributed by atoms with E-state index < -0.39 is 0 Å². The molecule has 0 aliphatic carbocycles. The summed E-state index contributed by atoms with van der Waals surface area (Å²) in [6.45, 7) is 0. The summed E-state index contributed by atoms with van der Waals surface area (Å²) in [5.41, 5.74) is 1.40. The van der Waals surface area contributed by atoms with E-state index in [0.717, 1.165) is 5.56 Å². The number of pyridine rings is 1. The van der Waals surface area contributed by atoms with E-state index in [-0.39, 0.29) is 23.9 Å². The summed E-state index contributed by atoms with van der Waals surface area (Å²) in [6, 6.07) is 12.7. The zero-order chi connectivity index (χ0) is 21.5. The third-order valence-corrected chi connectivity index (χ3v) is 6.00. The van der Waals surface area contributed by atoms with Crippen LogP contribution in [0.25, 0.3) is 11.4 Å². The van der Waals surface area contributed by atoms with E-state index in [1.54, 1.807) is 30.6 Å². The fraction of sp³-hybridized carbons (Fsp3) is 0.150. The van der Waals surface area contributed by atoms with Crippen molar-refractivity contribution in [1.29, 1.82) is 0 Å². The number of thioether (sulfide) groups is 1. The van der Waals surface area contributed by atoms with E-state index in [2.05, 4.69) is 30.6 Å². The fourth-order valence-electron chi connectivity index (χ4n) is 2.52. The van der Waals surface area contributed by atoms with E-state index in [1.165, 1.54) is 23.1 Å². The maximum atomic E-state index is 12.2. The van der Waals surface area contributed by atoms with E-state index in [4.69, 9.17) is 4.52 Å². The summed E-state index contributed by atoms with van der Waals surface area (Å²) in [4.78, 5) is 32.6. The van der Waals surface area contributed by atoms with Crippen LogP contribution in [0.5, 0.6) is 0 Å². The Morgan fingerprint density at radius 3 is 2.77 bits per heavy atom. The Labute approximate surface area is 185 Å². The first-order chi connectivity index (χ1) is 15.2. The highest BCUT2D eigenvalue weighted by Crippen LogP contribution is 2.26. The van der Waals surface area contributed by atoms with Gasteiger partial charge >= 0.3 is 0 Å². The van der Waals surface area contributed by atoms with Crippen molar-refractivity contribution in [2.24, 2.45) is 0 Å². The number of aromatic nitrogens is 5. The molecule has 3 heterocycles. The van der Waals surface area contributed by atoms with Gasteiger partial charge in [-0.2, -0.15) is 4.98 Å². The molecular formula is C20H16N6O3S2. The first kappa shape index (κ1) is 20.8. The summed E-state index contributed by atoms with van der Waals surface area (Å²) in [5.74, 6) is 0.815. The molecule has 0 spiro atoms. The molecule has 0 aliphatic rings. The summed E-state index contributed by atoms with van der Waals surface area (Å²) in [6.07, 6.45) is 3.75. The molecule has 156 valence electrons. The number of ketones is 1. The van der Waals surface area contributed by atoms with Crippen LogP contribution in [0.15, 0.2) is 63.7 Å². The predicted octanol–water partition coefficient (Wildman–Crippen LogP) is 3.53. The first-order valence-corrected chi connectivity index (χ1v) is 11.0. The number of hydrogen-bond acceptors (Lipinski definition) is 10. The van der Waals surface area contributed by atoms with Gasteiger partial charge in [-0.1, -0.05) is 58.6 Å². The number of nitrogens with one attached hydrogen (secondary N) is 1. The first-order valence-electron chi connectivity index (χ1n) is 9.25. The highest BCUT2D eigenvalue weighted by molar-refractivity contribution is 8.01. The molecule has 11 heteroatoms. The molecule has 0 unspecified atom stereocenters. The number of nitrogens with zero attached hydrogens (tertiary/aromatic N) is 5. The predicted molar refractivity (Wildman–Crippen MR) is 116 cm³/mol. The average molecular weight is 453 g/mol. The highest BCUT2D eigenvalue weighted by Gasteiger charge is 2.14. The van der Waals surface area contributed by atoms with Crippen LogP contribution in [0.3, 0.4) is 0 Å². The monoisotopic (exact) mass is 452 g/mol. The van der Waals surface area contributed by atoms with Gasteiger partial charge in [-0.05, 0) is 12.1 Å². The van der Waals surface area contributed by atoms with E-state index in [0.29, 0.717) is 33.2 Å². The van der Waals surface area contributed by atoms with Crippen molar-refractivity contribution in [3.63, 3.8) is 0 Å². The average Bonchev–Trinajstić information content (AvgIpc) is 3.47. The second-order valence-electron chi connectivity index (χ2n) is 6.25. The smallest absolute Gasteiger partial charge is 0.227 e. The second-order valence-corrected chi connectivity index (χ2v) is 8.45. The molecule has 3 aromatic heterocycles. The van der Waals surface area contributed by atoms with Crippen LogP contribution >= 0.6 is 23.1 Å². The van der Waals surface area contributed by atoms with Gasteiger partial charge in [0.15, 0.2) is 10.1 Å². The number of benzene rings is 1. The normalized spacial score (nSPS) is 10.7. The number of rotatable bonds is 9. The molecule has 0 fully saturated rings. The lowest BCUT2D eigenvalue weighted by Gasteiger charge is -1.99. The highest BCUT2D eigenvalue weighted by atomic mass is 32.2. The van der Waals surface area contributed by atoms with E-state index in [1.807, 2.05) is 24.3 Å². The Kier molecular flexibility index (Phi) is 6.75. The maximum Gasteiger partial charge on any atom is 0.227 e.